The Hall–Kier alpha value is -1.81. The van der Waals surface area contributed by atoms with Crippen LogP contribution in [0.3, 0.4) is 0 Å². The van der Waals surface area contributed by atoms with Gasteiger partial charge in [0.25, 0.3) is 0 Å². The van der Waals surface area contributed by atoms with Gasteiger partial charge in [0.1, 0.15) is 0 Å². The van der Waals surface area contributed by atoms with Gasteiger partial charge in [0.15, 0.2) is 0 Å². The van der Waals surface area contributed by atoms with Crippen molar-refractivity contribution in [2.24, 2.45) is 0 Å². The lowest BCUT2D eigenvalue weighted by Gasteiger charge is -2.08. The topological polar surface area (TPSA) is 51.5 Å². The number of para-hydroxylation sites is 1. The summed E-state index contributed by atoms with van der Waals surface area (Å²) in [5.41, 5.74) is 1.11. The minimum Gasteiger partial charge on any atom is -0.478 e. The molecule has 0 atom stereocenters. The Morgan fingerprint density at radius 1 is 1.33 bits per heavy atom. The summed E-state index contributed by atoms with van der Waals surface area (Å²) in [4.78, 5) is 11.2. The Morgan fingerprint density at radius 2 is 2.17 bits per heavy atom. The van der Waals surface area contributed by atoms with E-state index in [-0.39, 0.29) is 0 Å². The van der Waals surface area contributed by atoms with Gasteiger partial charge in [-0.15, -0.1) is 0 Å². The van der Waals surface area contributed by atoms with Gasteiger partial charge >= 0.3 is 5.97 Å². The monoisotopic (exact) mass is 247 g/mol. The number of benzene rings is 1. The van der Waals surface area contributed by atoms with Crippen LogP contribution in [-0.4, -0.2) is 28.9 Å². The van der Waals surface area contributed by atoms with Crippen LogP contribution >= 0.6 is 0 Å². The van der Waals surface area contributed by atoms with Crippen molar-refractivity contribution in [2.45, 2.75) is 19.9 Å². The van der Waals surface area contributed by atoms with Crippen molar-refractivity contribution in [1.29, 1.82) is 0 Å². The molecule has 0 aliphatic rings. The van der Waals surface area contributed by atoms with E-state index in [1.807, 2.05) is 22.9 Å². The Labute approximate surface area is 106 Å². The van der Waals surface area contributed by atoms with Crippen LogP contribution in [0.15, 0.2) is 30.5 Å². The number of ether oxygens (including phenoxy) is 1. The molecule has 1 N–H and O–H groups in total. The van der Waals surface area contributed by atoms with Crippen LogP contribution in [0.4, 0.5) is 0 Å². The first-order valence-electron chi connectivity index (χ1n) is 6.13. The third kappa shape index (κ3) is 2.54. The molecule has 4 nitrogen and oxygen atoms in total. The van der Waals surface area contributed by atoms with E-state index in [9.17, 15) is 9.90 Å². The van der Waals surface area contributed by atoms with E-state index in [4.69, 9.17) is 4.74 Å². The van der Waals surface area contributed by atoms with Crippen molar-refractivity contribution in [3.63, 3.8) is 0 Å². The summed E-state index contributed by atoms with van der Waals surface area (Å²) in [7, 11) is 0. The Bertz CT molecular complexity index is 545. The molecule has 0 aliphatic heterocycles. The van der Waals surface area contributed by atoms with E-state index in [2.05, 4.69) is 6.92 Å². The van der Waals surface area contributed by atoms with Gasteiger partial charge in [-0.25, -0.2) is 4.79 Å². The van der Waals surface area contributed by atoms with Crippen molar-refractivity contribution in [2.75, 3.05) is 13.2 Å². The van der Waals surface area contributed by atoms with Crippen molar-refractivity contribution in [3.8, 4) is 0 Å². The maximum Gasteiger partial charge on any atom is 0.337 e. The highest BCUT2D eigenvalue weighted by atomic mass is 16.5. The number of hydrogen-bond acceptors (Lipinski definition) is 2. The number of carbonyl (C=O) groups is 1. The van der Waals surface area contributed by atoms with Crippen LogP contribution in [0.2, 0.25) is 0 Å². The highest BCUT2D eigenvalue weighted by Gasteiger charge is 2.11. The molecule has 1 aromatic heterocycles. The smallest absolute Gasteiger partial charge is 0.337 e. The van der Waals surface area contributed by atoms with Gasteiger partial charge in [-0.05, 0) is 18.6 Å². The number of aromatic nitrogens is 1. The van der Waals surface area contributed by atoms with Gasteiger partial charge in [-0.1, -0.05) is 19.1 Å². The lowest BCUT2D eigenvalue weighted by atomic mass is 10.1. The normalized spacial score (nSPS) is 10.9. The predicted molar refractivity (Wildman–Crippen MR) is 70.0 cm³/mol. The second-order valence-corrected chi connectivity index (χ2v) is 4.17. The first-order chi connectivity index (χ1) is 8.74. The molecule has 0 aliphatic carbocycles. The Morgan fingerprint density at radius 3 is 2.89 bits per heavy atom. The largest absolute Gasteiger partial charge is 0.478 e. The fourth-order valence-electron chi connectivity index (χ4n) is 2.03. The minimum atomic E-state index is -0.893. The summed E-state index contributed by atoms with van der Waals surface area (Å²) < 4.78 is 7.38. The minimum absolute atomic E-state index is 0.341. The molecule has 0 amide bonds. The average molecular weight is 247 g/mol. The van der Waals surface area contributed by atoms with E-state index < -0.39 is 5.97 Å². The molecule has 4 heteroatoms. The molecule has 0 spiro atoms. The van der Waals surface area contributed by atoms with E-state index in [1.165, 1.54) is 0 Å². The third-order valence-corrected chi connectivity index (χ3v) is 2.84. The van der Waals surface area contributed by atoms with E-state index in [0.29, 0.717) is 18.7 Å². The molecule has 2 rings (SSSR count). The lowest BCUT2D eigenvalue weighted by Crippen LogP contribution is -2.08. The zero-order valence-electron chi connectivity index (χ0n) is 10.4. The maximum absolute atomic E-state index is 11.2. The van der Waals surface area contributed by atoms with Crippen LogP contribution in [0.25, 0.3) is 10.9 Å². The number of aromatic carboxylic acids is 1. The van der Waals surface area contributed by atoms with E-state index >= 15 is 0 Å². The molecule has 0 saturated carbocycles. The maximum atomic E-state index is 11.2. The van der Waals surface area contributed by atoms with Crippen LogP contribution < -0.4 is 0 Å². The fraction of sp³-hybridized carbons (Fsp3) is 0.357. The predicted octanol–water partition coefficient (Wildman–Crippen LogP) is 2.77. The standard InChI is InChI=1S/C14H17NO3/c1-2-9-18-10-8-15-7-6-11-4-3-5-12(13(11)15)14(16)17/h3-7H,2,8-10H2,1H3,(H,16,17). The Kier molecular flexibility index (Phi) is 3.99. The molecule has 0 bridgehead atoms. The molecular formula is C14H17NO3. The summed E-state index contributed by atoms with van der Waals surface area (Å²) in [6, 6.07) is 7.25. The summed E-state index contributed by atoms with van der Waals surface area (Å²) in [5, 5.41) is 10.1. The van der Waals surface area contributed by atoms with Crippen LogP contribution in [0.5, 0.6) is 0 Å². The third-order valence-electron chi connectivity index (χ3n) is 2.84. The summed E-state index contributed by atoms with van der Waals surface area (Å²) in [5.74, 6) is -0.893. The van der Waals surface area contributed by atoms with Crippen molar-refractivity contribution in [1.82, 2.24) is 4.57 Å². The molecule has 0 saturated heterocycles. The molecule has 0 unspecified atom stereocenters. The number of rotatable bonds is 6. The molecular weight excluding hydrogens is 230 g/mol. The molecule has 96 valence electrons. The number of fused-ring (bicyclic) bond motifs is 1. The van der Waals surface area contributed by atoms with Gasteiger partial charge in [-0.3, -0.25) is 0 Å². The molecule has 1 aromatic carbocycles. The number of nitrogens with zero attached hydrogens (tertiary/aromatic N) is 1. The van der Waals surface area contributed by atoms with Gasteiger partial charge in [0.2, 0.25) is 0 Å². The van der Waals surface area contributed by atoms with Gasteiger partial charge in [0, 0.05) is 24.7 Å². The van der Waals surface area contributed by atoms with Gasteiger partial charge < -0.3 is 14.4 Å². The molecule has 0 radical (unpaired) electrons. The van der Waals surface area contributed by atoms with Crippen LogP contribution in [-0.2, 0) is 11.3 Å². The quantitative estimate of drug-likeness (QED) is 0.798. The van der Waals surface area contributed by atoms with Crippen molar-refractivity contribution in [3.05, 3.63) is 36.0 Å². The Balaban J connectivity index is 2.25. The molecule has 0 fully saturated rings. The first-order valence-corrected chi connectivity index (χ1v) is 6.13. The summed E-state index contributed by atoms with van der Waals surface area (Å²) in [6.45, 7) is 4.08. The SMILES string of the molecule is CCCOCCn1ccc2cccc(C(=O)O)c21. The second-order valence-electron chi connectivity index (χ2n) is 4.17. The average Bonchev–Trinajstić information content (AvgIpc) is 2.77. The highest BCUT2D eigenvalue weighted by Crippen LogP contribution is 2.20. The first kappa shape index (κ1) is 12.6. The lowest BCUT2D eigenvalue weighted by molar-refractivity contribution is 0.0698. The molecule has 1 heterocycles. The zero-order valence-corrected chi connectivity index (χ0v) is 10.4. The van der Waals surface area contributed by atoms with Gasteiger partial charge in [0.05, 0.1) is 17.7 Å². The zero-order chi connectivity index (χ0) is 13.0. The van der Waals surface area contributed by atoms with Crippen molar-refractivity contribution >= 4 is 16.9 Å². The fourth-order valence-corrected chi connectivity index (χ4v) is 2.03. The van der Waals surface area contributed by atoms with Crippen LogP contribution in [0, 0.1) is 0 Å². The number of carboxylic acids is 1. The van der Waals surface area contributed by atoms with Gasteiger partial charge in [-0.2, -0.15) is 0 Å². The van der Waals surface area contributed by atoms with Crippen LogP contribution in [0.1, 0.15) is 23.7 Å². The second kappa shape index (κ2) is 5.69. The summed E-state index contributed by atoms with van der Waals surface area (Å²) >= 11 is 0. The van der Waals surface area contributed by atoms with Crippen molar-refractivity contribution < 1.29 is 14.6 Å². The summed E-state index contributed by atoms with van der Waals surface area (Å²) in [6.07, 6.45) is 2.90. The van der Waals surface area contributed by atoms with E-state index in [1.54, 1.807) is 12.1 Å². The molecule has 18 heavy (non-hydrogen) atoms. The van der Waals surface area contributed by atoms with E-state index in [0.717, 1.165) is 23.9 Å². The highest BCUT2D eigenvalue weighted by molar-refractivity contribution is 6.02. The number of hydrogen-bond donors (Lipinski definition) is 1. The number of carboxylic acid groups (broad SMARTS) is 1. The molecule has 2 aromatic rings.